The average Bonchev–Trinajstić information content (AvgIpc) is 2.52. The summed E-state index contributed by atoms with van der Waals surface area (Å²) in [5.74, 6) is -0.352. The van der Waals surface area contributed by atoms with Gasteiger partial charge in [-0.3, -0.25) is 4.79 Å². The number of hydrogen-bond acceptors (Lipinski definition) is 3. The van der Waals surface area contributed by atoms with Crippen LogP contribution in [0.25, 0.3) is 0 Å². The number of sulfonamides is 1. The minimum Gasteiger partial charge on any atom is -0.325 e. The fraction of sp³-hybridized carbons (Fsp3) is 0.235. The lowest BCUT2D eigenvalue weighted by Gasteiger charge is -2.19. The first-order chi connectivity index (χ1) is 10.9. The second-order valence-electron chi connectivity index (χ2n) is 5.25. The molecule has 0 spiro atoms. The maximum atomic E-state index is 12.1. The number of para-hydroxylation sites is 1. The average molecular weight is 332 g/mol. The molecule has 1 amide bonds. The summed E-state index contributed by atoms with van der Waals surface area (Å²) in [6, 6.07) is 18.6. The zero-order valence-electron chi connectivity index (χ0n) is 13.0. The summed E-state index contributed by atoms with van der Waals surface area (Å²) in [6.45, 7) is 0.0750. The first-order valence-corrected chi connectivity index (χ1v) is 9.14. The van der Waals surface area contributed by atoms with Gasteiger partial charge in [0.25, 0.3) is 0 Å². The summed E-state index contributed by atoms with van der Waals surface area (Å²) < 4.78 is 25.0. The molecular formula is C17H20N2O3S. The van der Waals surface area contributed by atoms with Crippen LogP contribution in [0.2, 0.25) is 0 Å². The molecule has 0 radical (unpaired) electrons. The highest BCUT2D eigenvalue weighted by molar-refractivity contribution is 7.88. The van der Waals surface area contributed by atoms with Crippen molar-refractivity contribution in [3.8, 4) is 0 Å². The van der Waals surface area contributed by atoms with Crippen molar-refractivity contribution < 1.29 is 13.2 Å². The number of benzene rings is 2. The van der Waals surface area contributed by atoms with Crippen molar-refractivity contribution in [2.75, 3.05) is 24.7 Å². The van der Waals surface area contributed by atoms with Crippen LogP contribution in [-0.2, 0) is 21.2 Å². The maximum absolute atomic E-state index is 12.1. The number of anilines is 1. The van der Waals surface area contributed by atoms with Gasteiger partial charge in [0.05, 0.1) is 12.8 Å². The lowest BCUT2D eigenvalue weighted by molar-refractivity contribution is -0.116. The second kappa shape index (κ2) is 7.89. The first-order valence-electron chi connectivity index (χ1n) is 7.29. The second-order valence-corrected chi connectivity index (χ2v) is 7.23. The molecule has 0 unspecified atom stereocenters. The third-order valence-electron chi connectivity index (χ3n) is 3.34. The highest BCUT2D eigenvalue weighted by Gasteiger charge is 2.20. The SMILES string of the molecule is CS(=O)(=O)N(CCc1ccccc1)CC(=O)Nc1ccccc1. The van der Waals surface area contributed by atoms with Gasteiger partial charge in [-0.2, -0.15) is 4.31 Å². The van der Waals surface area contributed by atoms with Crippen LogP contribution >= 0.6 is 0 Å². The van der Waals surface area contributed by atoms with Gasteiger partial charge in [0.1, 0.15) is 0 Å². The first kappa shape index (κ1) is 17.2. The van der Waals surface area contributed by atoms with Gasteiger partial charge < -0.3 is 5.32 Å². The summed E-state index contributed by atoms with van der Waals surface area (Å²) >= 11 is 0. The van der Waals surface area contributed by atoms with Gasteiger partial charge in [-0.05, 0) is 24.1 Å². The van der Waals surface area contributed by atoms with Crippen LogP contribution in [0.3, 0.4) is 0 Å². The summed E-state index contributed by atoms with van der Waals surface area (Å²) in [7, 11) is -3.45. The minimum atomic E-state index is -3.45. The molecule has 0 aliphatic rings. The van der Waals surface area contributed by atoms with Crippen molar-refractivity contribution in [1.82, 2.24) is 4.31 Å². The normalized spacial score (nSPS) is 11.4. The number of rotatable bonds is 7. The fourth-order valence-electron chi connectivity index (χ4n) is 2.14. The predicted molar refractivity (Wildman–Crippen MR) is 91.6 cm³/mol. The van der Waals surface area contributed by atoms with Crippen molar-refractivity contribution >= 4 is 21.6 Å². The van der Waals surface area contributed by atoms with Crippen LogP contribution in [-0.4, -0.2) is 38.0 Å². The molecule has 0 fully saturated rings. The van der Waals surface area contributed by atoms with Crippen molar-refractivity contribution in [3.63, 3.8) is 0 Å². The molecule has 23 heavy (non-hydrogen) atoms. The molecule has 0 bridgehead atoms. The predicted octanol–water partition coefficient (Wildman–Crippen LogP) is 2.13. The van der Waals surface area contributed by atoms with Crippen LogP contribution in [0.1, 0.15) is 5.56 Å². The Kier molecular flexibility index (Phi) is 5.90. The highest BCUT2D eigenvalue weighted by Crippen LogP contribution is 2.07. The zero-order chi connectivity index (χ0) is 16.7. The van der Waals surface area contributed by atoms with Gasteiger partial charge in [0, 0.05) is 12.2 Å². The Balaban J connectivity index is 1.97. The van der Waals surface area contributed by atoms with E-state index < -0.39 is 10.0 Å². The van der Waals surface area contributed by atoms with Crippen molar-refractivity contribution in [3.05, 3.63) is 66.2 Å². The maximum Gasteiger partial charge on any atom is 0.239 e. The van der Waals surface area contributed by atoms with E-state index in [1.54, 1.807) is 24.3 Å². The molecule has 2 aromatic rings. The fourth-order valence-corrected chi connectivity index (χ4v) is 2.92. The van der Waals surface area contributed by atoms with Gasteiger partial charge >= 0.3 is 0 Å². The summed E-state index contributed by atoms with van der Waals surface area (Å²) in [6.07, 6.45) is 1.68. The molecule has 0 saturated heterocycles. The number of amides is 1. The molecule has 6 heteroatoms. The molecule has 2 aromatic carbocycles. The van der Waals surface area contributed by atoms with E-state index in [-0.39, 0.29) is 19.0 Å². The summed E-state index contributed by atoms with van der Waals surface area (Å²) in [5, 5.41) is 2.70. The van der Waals surface area contributed by atoms with Crippen LogP contribution < -0.4 is 5.32 Å². The third kappa shape index (κ3) is 5.84. The Bertz CT molecular complexity index is 731. The van der Waals surface area contributed by atoms with Crippen molar-refractivity contribution in [2.24, 2.45) is 0 Å². The van der Waals surface area contributed by atoms with Gasteiger partial charge in [-0.15, -0.1) is 0 Å². The Morgan fingerprint density at radius 3 is 2.13 bits per heavy atom. The molecule has 2 rings (SSSR count). The van der Waals surface area contributed by atoms with E-state index in [1.165, 1.54) is 4.31 Å². The molecular weight excluding hydrogens is 312 g/mol. The number of nitrogens with zero attached hydrogens (tertiary/aromatic N) is 1. The van der Waals surface area contributed by atoms with Crippen LogP contribution in [0.15, 0.2) is 60.7 Å². The highest BCUT2D eigenvalue weighted by atomic mass is 32.2. The molecule has 0 heterocycles. The molecule has 1 N–H and O–H groups in total. The molecule has 5 nitrogen and oxygen atoms in total. The molecule has 0 aliphatic carbocycles. The molecule has 0 aromatic heterocycles. The largest absolute Gasteiger partial charge is 0.325 e. The van der Waals surface area contributed by atoms with Crippen LogP contribution in [0.4, 0.5) is 5.69 Å². The van der Waals surface area contributed by atoms with Gasteiger partial charge in [-0.25, -0.2) is 8.42 Å². The number of carbonyl (C=O) groups is 1. The van der Waals surface area contributed by atoms with E-state index in [4.69, 9.17) is 0 Å². The van der Waals surface area contributed by atoms with Crippen molar-refractivity contribution in [1.29, 1.82) is 0 Å². The van der Waals surface area contributed by atoms with E-state index in [9.17, 15) is 13.2 Å². The number of carbonyl (C=O) groups excluding carboxylic acids is 1. The Hall–Kier alpha value is -2.18. The summed E-state index contributed by atoms with van der Waals surface area (Å²) in [5.41, 5.74) is 1.68. The minimum absolute atomic E-state index is 0.194. The molecule has 122 valence electrons. The zero-order valence-corrected chi connectivity index (χ0v) is 13.8. The van der Waals surface area contributed by atoms with E-state index in [1.807, 2.05) is 36.4 Å². The number of nitrogens with one attached hydrogen (secondary N) is 1. The van der Waals surface area contributed by atoms with E-state index >= 15 is 0 Å². The monoisotopic (exact) mass is 332 g/mol. The van der Waals surface area contributed by atoms with Gasteiger partial charge in [-0.1, -0.05) is 48.5 Å². The third-order valence-corrected chi connectivity index (χ3v) is 4.59. The van der Waals surface area contributed by atoms with Crippen LogP contribution in [0.5, 0.6) is 0 Å². The van der Waals surface area contributed by atoms with E-state index in [0.29, 0.717) is 12.1 Å². The Morgan fingerprint density at radius 1 is 1.00 bits per heavy atom. The van der Waals surface area contributed by atoms with Gasteiger partial charge in [0.2, 0.25) is 15.9 Å². The van der Waals surface area contributed by atoms with Crippen molar-refractivity contribution in [2.45, 2.75) is 6.42 Å². The molecule has 0 atom stereocenters. The quantitative estimate of drug-likeness (QED) is 0.845. The Labute approximate surface area is 137 Å². The topological polar surface area (TPSA) is 66.5 Å². The number of hydrogen-bond donors (Lipinski definition) is 1. The van der Waals surface area contributed by atoms with E-state index in [2.05, 4.69) is 5.32 Å². The standard InChI is InChI=1S/C17H20N2O3S/c1-23(21,22)19(13-12-15-8-4-2-5-9-15)14-17(20)18-16-10-6-3-7-11-16/h2-11H,12-14H2,1H3,(H,18,20). The summed E-state index contributed by atoms with van der Waals surface area (Å²) in [4.78, 5) is 12.1. The lowest BCUT2D eigenvalue weighted by Crippen LogP contribution is -2.38. The van der Waals surface area contributed by atoms with Crippen LogP contribution in [0, 0.1) is 0 Å². The molecule has 0 saturated carbocycles. The smallest absolute Gasteiger partial charge is 0.239 e. The van der Waals surface area contributed by atoms with Gasteiger partial charge in [0.15, 0.2) is 0 Å². The van der Waals surface area contributed by atoms with E-state index in [0.717, 1.165) is 11.8 Å². The molecule has 0 aliphatic heterocycles. The lowest BCUT2D eigenvalue weighted by atomic mass is 10.1. The Morgan fingerprint density at radius 2 is 1.57 bits per heavy atom.